The number of aliphatic hydroxyl groups excluding tert-OH is 1. The van der Waals surface area contributed by atoms with Gasteiger partial charge in [-0.25, -0.2) is 4.98 Å². The second kappa shape index (κ2) is 6.13. The minimum absolute atomic E-state index is 0.0404. The van der Waals surface area contributed by atoms with Gasteiger partial charge in [0.1, 0.15) is 5.82 Å². The number of hydrogen-bond acceptors (Lipinski definition) is 3. The highest BCUT2D eigenvalue weighted by Crippen LogP contribution is 2.51. The number of aromatic nitrogens is 2. The van der Waals surface area contributed by atoms with E-state index in [1.165, 1.54) is 17.8 Å². The van der Waals surface area contributed by atoms with Gasteiger partial charge in [-0.15, -0.1) is 0 Å². The third-order valence-corrected chi connectivity index (χ3v) is 6.32. The minimum Gasteiger partial charge on any atom is -0.396 e. The van der Waals surface area contributed by atoms with E-state index in [-0.39, 0.29) is 23.8 Å². The quantitative estimate of drug-likeness (QED) is 0.930. The molecule has 25 heavy (non-hydrogen) atoms. The van der Waals surface area contributed by atoms with Crippen LogP contribution >= 0.6 is 0 Å². The Balaban J connectivity index is 1.46. The van der Waals surface area contributed by atoms with Crippen LogP contribution in [-0.4, -0.2) is 45.2 Å². The summed E-state index contributed by atoms with van der Waals surface area (Å²) < 4.78 is 2.24. The molecule has 0 radical (unpaired) electrons. The Morgan fingerprint density at radius 3 is 2.84 bits per heavy atom. The van der Waals surface area contributed by atoms with Gasteiger partial charge in [0.05, 0.1) is 23.6 Å². The number of likely N-dealkylation sites (tertiary alicyclic amines) is 1. The van der Waals surface area contributed by atoms with Gasteiger partial charge in [0.2, 0.25) is 5.91 Å². The Kier molecular flexibility index (Phi) is 4.07. The summed E-state index contributed by atoms with van der Waals surface area (Å²) in [5.41, 5.74) is 2.53. The van der Waals surface area contributed by atoms with Crippen molar-refractivity contribution in [3.8, 4) is 0 Å². The van der Waals surface area contributed by atoms with Crippen molar-refractivity contribution in [2.24, 2.45) is 18.4 Å². The molecular weight excluding hydrogens is 314 g/mol. The number of benzene rings is 1. The largest absolute Gasteiger partial charge is 0.396 e. The normalized spacial score (nSPS) is 23.2. The summed E-state index contributed by atoms with van der Waals surface area (Å²) in [6.45, 7) is 3.62. The van der Waals surface area contributed by atoms with Crippen LogP contribution in [0.1, 0.15) is 44.3 Å². The Bertz CT molecular complexity index is 787. The summed E-state index contributed by atoms with van der Waals surface area (Å²) in [5.74, 6) is 1.57. The number of hydrogen-bond donors (Lipinski definition) is 1. The maximum Gasteiger partial charge on any atom is 0.228 e. The van der Waals surface area contributed by atoms with Crippen molar-refractivity contribution in [3.05, 3.63) is 30.1 Å². The number of para-hydroxylation sites is 2. The predicted octanol–water partition coefficient (Wildman–Crippen LogP) is 2.69. The van der Waals surface area contributed by atoms with E-state index in [9.17, 15) is 9.90 Å². The number of fused-ring (bicyclic) bond motifs is 1. The van der Waals surface area contributed by atoms with Gasteiger partial charge >= 0.3 is 0 Å². The molecule has 134 valence electrons. The molecule has 1 spiro atoms. The summed E-state index contributed by atoms with van der Waals surface area (Å²) in [7, 11) is 2.11. The van der Waals surface area contributed by atoms with E-state index >= 15 is 0 Å². The van der Waals surface area contributed by atoms with Gasteiger partial charge in [-0.1, -0.05) is 19.1 Å². The molecule has 5 heteroatoms. The molecule has 1 amide bonds. The minimum atomic E-state index is -0.227. The van der Waals surface area contributed by atoms with Crippen LogP contribution in [0.5, 0.6) is 0 Å². The van der Waals surface area contributed by atoms with Crippen molar-refractivity contribution in [1.82, 2.24) is 14.5 Å². The average molecular weight is 341 g/mol. The average Bonchev–Trinajstić information content (AvgIpc) is 3.17. The first-order valence-corrected chi connectivity index (χ1v) is 9.38. The lowest BCUT2D eigenvalue weighted by Crippen LogP contribution is -2.58. The van der Waals surface area contributed by atoms with Crippen LogP contribution in [0.2, 0.25) is 0 Å². The number of aliphatic hydroxyl groups is 1. The summed E-state index contributed by atoms with van der Waals surface area (Å²) in [6.07, 6.45) is 4.14. The first kappa shape index (κ1) is 16.6. The van der Waals surface area contributed by atoms with Crippen LogP contribution in [0, 0.1) is 11.3 Å². The first-order valence-electron chi connectivity index (χ1n) is 9.38. The Morgan fingerprint density at radius 2 is 2.16 bits per heavy atom. The zero-order valence-corrected chi connectivity index (χ0v) is 15.1. The van der Waals surface area contributed by atoms with Gasteiger partial charge in [-0.05, 0) is 37.8 Å². The molecule has 1 unspecified atom stereocenters. The van der Waals surface area contributed by atoms with Crippen LogP contribution in [0.3, 0.4) is 0 Å². The smallest absolute Gasteiger partial charge is 0.228 e. The SMILES string of the molecule is CC[C@H](CO)C(=O)N1CC2(CCC(c3nc4ccccc4n3C)C2)C1. The number of nitrogens with zero attached hydrogens (tertiary/aromatic N) is 3. The zero-order chi connectivity index (χ0) is 17.6. The van der Waals surface area contributed by atoms with E-state index in [1.807, 2.05) is 17.9 Å². The molecule has 5 nitrogen and oxygen atoms in total. The van der Waals surface area contributed by atoms with E-state index in [0.29, 0.717) is 12.3 Å². The first-order chi connectivity index (χ1) is 12.1. The van der Waals surface area contributed by atoms with Crippen LogP contribution < -0.4 is 0 Å². The van der Waals surface area contributed by atoms with Gasteiger partial charge in [0.25, 0.3) is 0 Å². The Hall–Kier alpha value is -1.88. The molecule has 1 saturated carbocycles. The molecule has 2 aliphatic rings. The molecule has 1 saturated heterocycles. The molecular formula is C20H27N3O2. The summed E-state index contributed by atoms with van der Waals surface area (Å²) >= 11 is 0. The molecule has 2 fully saturated rings. The van der Waals surface area contributed by atoms with Crippen molar-refractivity contribution in [1.29, 1.82) is 0 Å². The molecule has 1 aliphatic carbocycles. The van der Waals surface area contributed by atoms with Crippen LogP contribution in [-0.2, 0) is 11.8 Å². The molecule has 1 aromatic heterocycles. The van der Waals surface area contributed by atoms with Crippen molar-refractivity contribution < 1.29 is 9.90 Å². The molecule has 1 aromatic carbocycles. The Labute approximate surface area is 148 Å². The molecule has 2 heterocycles. The van der Waals surface area contributed by atoms with Crippen molar-refractivity contribution in [2.45, 2.75) is 38.5 Å². The van der Waals surface area contributed by atoms with Crippen molar-refractivity contribution in [3.63, 3.8) is 0 Å². The second-order valence-electron chi connectivity index (χ2n) is 7.94. The van der Waals surface area contributed by atoms with Crippen molar-refractivity contribution >= 4 is 16.9 Å². The lowest BCUT2D eigenvalue weighted by atomic mass is 9.77. The highest BCUT2D eigenvalue weighted by atomic mass is 16.3. The van der Waals surface area contributed by atoms with Crippen LogP contribution in [0.25, 0.3) is 11.0 Å². The maximum atomic E-state index is 12.4. The summed E-state index contributed by atoms with van der Waals surface area (Å²) in [5, 5.41) is 9.35. The third kappa shape index (κ3) is 2.65. The monoisotopic (exact) mass is 341 g/mol. The molecule has 1 N–H and O–H groups in total. The second-order valence-corrected chi connectivity index (χ2v) is 7.94. The zero-order valence-electron chi connectivity index (χ0n) is 15.1. The van der Waals surface area contributed by atoms with Crippen LogP contribution in [0.4, 0.5) is 0 Å². The molecule has 1 aliphatic heterocycles. The van der Waals surface area contributed by atoms with Crippen molar-refractivity contribution in [2.75, 3.05) is 19.7 Å². The highest BCUT2D eigenvalue weighted by Gasteiger charge is 2.51. The van der Waals surface area contributed by atoms with Gasteiger partial charge in [-0.2, -0.15) is 0 Å². The van der Waals surface area contributed by atoms with E-state index in [1.54, 1.807) is 0 Å². The van der Waals surface area contributed by atoms with Gasteiger partial charge in [0.15, 0.2) is 0 Å². The standard InChI is InChI=1S/C20H27N3O2/c1-3-14(11-24)19(25)23-12-20(13-23)9-8-15(10-20)18-21-16-6-4-5-7-17(16)22(18)2/h4-7,14-15,24H,3,8-13H2,1-2H3/t14-,15?/m1/s1. The molecule has 4 rings (SSSR count). The fourth-order valence-electron chi connectivity index (χ4n) is 4.80. The lowest BCUT2D eigenvalue weighted by Gasteiger charge is -2.49. The molecule has 0 bridgehead atoms. The molecule has 2 atom stereocenters. The fourth-order valence-corrected chi connectivity index (χ4v) is 4.80. The topological polar surface area (TPSA) is 58.4 Å². The highest BCUT2D eigenvalue weighted by molar-refractivity contribution is 5.80. The predicted molar refractivity (Wildman–Crippen MR) is 97.2 cm³/mol. The number of carbonyl (C=O) groups excluding carboxylic acids is 1. The van der Waals surface area contributed by atoms with E-state index < -0.39 is 0 Å². The van der Waals surface area contributed by atoms with Gasteiger partial charge in [0, 0.05) is 31.5 Å². The Morgan fingerprint density at radius 1 is 1.40 bits per heavy atom. The van der Waals surface area contributed by atoms with E-state index in [2.05, 4.69) is 29.8 Å². The number of carbonyl (C=O) groups is 1. The van der Waals surface area contributed by atoms with Gasteiger partial charge < -0.3 is 14.6 Å². The maximum absolute atomic E-state index is 12.4. The summed E-state index contributed by atoms with van der Waals surface area (Å²) in [4.78, 5) is 19.2. The van der Waals surface area contributed by atoms with E-state index in [4.69, 9.17) is 4.98 Å². The summed E-state index contributed by atoms with van der Waals surface area (Å²) in [6, 6.07) is 8.30. The van der Waals surface area contributed by atoms with Gasteiger partial charge in [-0.3, -0.25) is 4.79 Å². The van der Waals surface area contributed by atoms with Crippen LogP contribution in [0.15, 0.2) is 24.3 Å². The molecule has 2 aromatic rings. The number of amides is 1. The third-order valence-electron chi connectivity index (χ3n) is 6.32. The number of aryl methyl sites for hydroxylation is 1. The van der Waals surface area contributed by atoms with E-state index in [0.717, 1.165) is 31.4 Å². The number of imidazole rings is 1. The lowest BCUT2D eigenvalue weighted by molar-refractivity contribution is -0.149. The number of rotatable bonds is 4. The fraction of sp³-hybridized carbons (Fsp3) is 0.600.